The lowest BCUT2D eigenvalue weighted by molar-refractivity contribution is -0.147. The van der Waals surface area contributed by atoms with Crippen molar-refractivity contribution in [1.82, 2.24) is 4.90 Å². The number of esters is 1. The molecule has 2 aromatic carbocycles. The molecule has 2 aromatic rings. The first kappa shape index (κ1) is 18.3. The van der Waals surface area contributed by atoms with Gasteiger partial charge in [-0.2, -0.15) is 0 Å². The summed E-state index contributed by atoms with van der Waals surface area (Å²) in [5, 5.41) is 0. The van der Waals surface area contributed by atoms with Crippen LogP contribution >= 0.6 is 0 Å². The smallest absolute Gasteiger partial charge is 0.335 e. The van der Waals surface area contributed by atoms with Crippen LogP contribution in [0.4, 0.5) is 0 Å². The Labute approximate surface area is 155 Å². The summed E-state index contributed by atoms with van der Waals surface area (Å²) in [7, 11) is 2.13. The van der Waals surface area contributed by atoms with Crippen LogP contribution in [0.2, 0.25) is 0 Å². The number of likely N-dealkylation sites (tertiary alicyclic amines) is 1. The Morgan fingerprint density at radius 2 is 1.73 bits per heavy atom. The summed E-state index contributed by atoms with van der Waals surface area (Å²) in [6, 6.07) is 18.8. The van der Waals surface area contributed by atoms with E-state index < -0.39 is 6.04 Å². The third-order valence-electron chi connectivity index (χ3n) is 4.81. The average Bonchev–Trinajstić information content (AvgIpc) is 2.69. The SMILES string of the molecule is CN1CCC(COC(=O)C(N=Cc2ccccc2)c2ccccc2)CC1. The Morgan fingerprint density at radius 3 is 2.38 bits per heavy atom. The summed E-state index contributed by atoms with van der Waals surface area (Å²) in [5.74, 6) is 0.173. The van der Waals surface area contributed by atoms with Crippen molar-refractivity contribution >= 4 is 12.2 Å². The minimum absolute atomic E-state index is 0.276. The van der Waals surface area contributed by atoms with E-state index in [2.05, 4.69) is 16.9 Å². The van der Waals surface area contributed by atoms with Gasteiger partial charge in [0.15, 0.2) is 6.04 Å². The molecule has 1 heterocycles. The third kappa shape index (κ3) is 5.27. The van der Waals surface area contributed by atoms with Crippen LogP contribution in [0, 0.1) is 5.92 Å². The zero-order valence-corrected chi connectivity index (χ0v) is 15.3. The highest BCUT2D eigenvalue weighted by atomic mass is 16.5. The van der Waals surface area contributed by atoms with Gasteiger partial charge in [-0.3, -0.25) is 4.99 Å². The second kappa shape index (κ2) is 9.30. The number of carbonyl (C=O) groups excluding carboxylic acids is 1. The number of rotatable bonds is 6. The topological polar surface area (TPSA) is 41.9 Å². The molecule has 0 bridgehead atoms. The zero-order valence-electron chi connectivity index (χ0n) is 15.3. The number of ether oxygens (including phenoxy) is 1. The van der Waals surface area contributed by atoms with Crippen molar-refractivity contribution in [2.24, 2.45) is 10.9 Å². The average molecular weight is 350 g/mol. The fourth-order valence-corrected chi connectivity index (χ4v) is 3.13. The maximum atomic E-state index is 12.7. The molecule has 1 unspecified atom stereocenters. The highest BCUT2D eigenvalue weighted by Gasteiger charge is 2.23. The molecule has 0 amide bonds. The second-order valence-corrected chi connectivity index (χ2v) is 6.88. The van der Waals surface area contributed by atoms with Gasteiger partial charge in [0, 0.05) is 6.21 Å². The van der Waals surface area contributed by atoms with Gasteiger partial charge in [-0.25, -0.2) is 4.79 Å². The Bertz CT molecular complexity index is 707. The summed E-state index contributed by atoms with van der Waals surface area (Å²) < 4.78 is 5.65. The number of piperidine rings is 1. The van der Waals surface area contributed by atoms with Gasteiger partial charge in [0.1, 0.15) is 0 Å². The van der Waals surface area contributed by atoms with Gasteiger partial charge in [-0.05, 0) is 50.0 Å². The Balaban J connectivity index is 1.66. The zero-order chi connectivity index (χ0) is 18.2. The van der Waals surface area contributed by atoms with Gasteiger partial charge in [0.25, 0.3) is 0 Å². The van der Waals surface area contributed by atoms with E-state index in [1.807, 2.05) is 60.7 Å². The number of aliphatic imine (C=N–C) groups is 1. The minimum atomic E-state index is -0.623. The van der Waals surface area contributed by atoms with Crippen molar-refractivity contribution in [3.05, 3.63) is 71.8 Å². The Kier molecular flexibility index (Phi) is 6.56. The molecule has 0 aromatic heterocycles. The molecule has 1 saturated heterocycles. The highest BCUT2D eigenvalue weighted by Crippen LogP contribution is 2.21. The van der Waals surface area contributed by atoms with E-state index in [-0.39, 0.29) is 5.97 Å². The van der Waals surface area contributed by atoms with Crippen molar-refractivity contribution in [1.29, 1.82) is 0 Å². The van der Waals surface area contributed by atoms with Gasteiger partial charge < -0.3 is 9.64 Å². The first-order valence-corrected chi connectivity index (χ1v) is 9.21. The molecule has 4 nitrogen and oxygen atoms in total. The Morgan fingerprint density at radius 1 is 1.12 bits per heavy atom. The minimum Gasteiger partial charge on any atom is -0.464 e. The number of carbonyl (C=O) groups is 1. The summed E-state index contributed by atoms with van der Waals surface area (Å²) in [5.41, 5.74) is 1.82. The summed E-state index contributed by atoms with van der Waals surface area (Å²) in [6.07, 6.45) is 3.90. The molecule has 0 saturated carbocycles. The van der Waals surface area contributed by atoms with Crippen molar-refractivity contribution in [3.63, 3.8) is 0 Å². The van der Waals surface area contributed by atoms with E-state index in [4.69, 9.17) is 4.74 Å². The summed E-state index contributed by atoms with van der Waals surface area (Å²) >= 11 is 0. The molecule has 3 rings (SSSR count). The lowest BCUT2D eigenvalue weighted by Crippen LogP contribution is -2.32. The van der Waals surface area contributed by atoms with Gasteiger partial charge in [0.05, 0.1) is 6.61 Å². The standard InChI is InChI=1S/C22H26N2O2/c1-24-14-12-19(13-15-24)17-26-22(25)21(20-10-6-3-7-11-20)23-16-18-8-4-2-5-9-18/h2-11,16,19,21H,12-15,17H2,1H3. The van der Waals surface area contributed by atoms with Gasteiger partial charge in [-0.1, -0.05) is 60.7 Å². The van der Waals surface area contributed by atoms with Crippen LogP contribution in [-0.2, 0) is 9.53 Å². The fraction of sp³-hybridized carbons (Fsp3) is 0.364. The lowest BCUT2D eigenvalue weighted by atomic mass is 9.98. The molecule has 0 spiro atoms. The maximum Gasteiger partial charge on any atom is 0.335 e. The molecular weight excluding hydrogens is 324 g/mol. The molecule has 0 radical (unpaired) electrons. The van der Waals surface area contributed by atoms with Gasteiger partial charge >= 0.3 is 5.97 Å². The Hall–Kier alpha value is -2.46. The van der Waals surface area contributed by atoms with Crippen molar-refractivity contribution in [2.45, 2.75) is 18.9 Å². The first-order chi connectivity index (χ1) is 12.7. The molecule has 1 aliphatic heterocycles. The van der Waals surface area contributed by atoms with Gasteiger partial charge in [0.2, 0.25) is 0 Å². The van der Waals surface area contributed by atoms with Crippen molar-refractivity contribution in [2.75, 3.05) is 26.7 Å². The summed E-state index contributed by atoms with van der Waals surface area (Å²) in [4.78, 5) is 19.6. The normalized spacial score (nSPS) is 17.3. The molecule has 0 aliphatic carbocycles. The third-order valence-corrected chi connectivity index (χ3v) is 4.81. The molecule has 26 heavy (non-hydrogen) atoms. The lowest BCUT2D eigenvalue weighted by Gasteiger charge is -2.28. The fourth-order valence-electron chi connectivity index (χ4n) is 3.13. The van der Waals surface area contributed by atoms with E-state index >= 15 is 0 Å². The molecule has 1 aliphatic rings. The van der Waals surface area contributed by atoms with E-state index in [1.54, 1.807) is 6.21 Å². The van der Waals surface area contributed by atoms with Crippen molar-refractivity contribution in [3.8, 4) is 0 Å². The van der Waals surface area contributed by atoms with E-state index in [1.165, 1.54) is 0 Å². The van der Waals surface area contributed by atoms with Crippen molar-refractivity contribution < 1.29 is 9.53 Å². The monoisotopic (exact) mass is 350 g/mol. The van der Waals surface area contributed by atoms with Crippen LogP contribution in [0.15, 0.2) is 65.7 Å². The molecule has 1 fully saturated rings. The van der Waals surface area contributed by atoms with Crippen LogP contribution in [-0.4, -0.2) is 43.8 Å². The van der Waals surface area contributed by atoms with Crippen LogP contribution in [0.1, 0.15) is 30.0 Å². The number of nitrogens with zero attached hydrogens (tertiary/aromatic N) is 2. The van der Waals surface area contributed by atoms with E-state index in [0.29, 0.717) is 12.5 Å². The molecule has 136 valence electrons. The quantitative estimate of drug-likeness (QED) is 0.589. The second-order valence-electron chi connectivity index (χ2n) is 6.88. The maximum absolute atomic E-state index is 12.7. The first-order valence-electron chi connectivity index (χ1n) is 9.21. The predicted molar refractivity (Wildman–Crippen MR) is 104 cm³/mol. The molecule has 1 atom stereocenters. The molecule has 0 N–H and O–H groups in total. The number of hydrogen-bond acceptors (Lipinski definition) is 4. The van der Waals surface area contributed by atoms with Gasteiger partial charge in [-0.15, -0.1) is 0 Å². The number of benzene rings is 2. The molecular formula is C22H26N2O2. The van der Waals surface area contributed by atoms with Crippen LogP contribution < -0.4 is 0 Å². The van der Waals surface area contributed by atoms with Crippen LogP contribution in [0.3, 0.4) is 0 Å². The van der Waals surface area contributed by atoms with Crippen LogP contribution in [0.5, 0.6) is 0 Å². The molecule has 4 heteroatoms. The summed E-state index contributed by atoms with van der Waals surface area (Å²) in [6.45, 7) is 2.61. The highest BCUT2D eigenvalue weighted by molar-refractivity contribution is 5.84. The van der Waals surface area contributed by atoms with E-state index in [9.17, 15) is 4.79 Å². The van der Waals surface area contributed by atoms with Crippen LogP contribution in [0.25, 0.3) is 0 Å². The number of hydrogen-bond donors (Lipinski definition) is 0. The van der Waals surface area contributed by atoms with E-state index in [0.717, 1.165) is 37.1 Å². The largest absolute Gasteiger partial charge is 0.464 e. The predicted octanol–water partition coefficient (Wildman–Crippen LogP) is 3.73.